The minimum atomic E-state index is -0.0883. The summed E-state index contributed by atoms with van der Waals surface area (Å²) < 4.78 is 10.5. The Morgan fingerprint density at radius 1 is 1.18 bits per heavy atom. The average Bonchev–Trinajstić information content (AvgIpc) is 2.49. The molecule has 1 aromatic carbocycles. The van der Waals surface area contributed by atoms with Crippen LogP contribution in [0.3, 0.4) is 0 Å². The van der Waals surface area contributed by atoms with Crippen molar-refractivity contribution in [3.8, 4) is 17.2 Å². The van der Waals surface area contributed by atoms with Crippen LogP contribution in [0.5, 0.6) is 17.2 Å². The van der Waals surface area contributed by atoms with Gasteiger partial charge in [0.2, 0.25) is 0 Å². The molecule has 1 N–H and O–H groups in total. The smallest absolute Gasteiger partial charge is 0.172 e. The highest BCUT2D eigenvalue weighted by Gasteiger charge is 2.18. The van der Waals surface area contributed by atoms with E-state index in [-0.39, 0.29) is 18.0 Å². The van der Waals surface area contributed by atoms with Crippen molar-refractivity contribution in [3.05, 3.63) is 46.8 Å². The lowest BCUT2D eigenvalue weighted by Crippen LogP contribution is -2.09. The molecule has 0 spiro atoms. The number of nitrogens with zero attached hydrogens (tertiary/aromatic N) is 1. The van der Waals surface area contributed by atoms with Crippen LogP contribution in [0.2, 0.25) is 0 Å². The number of methoxy groups -OCH3 is 2. The monoisotopic (exact) mass is 301 g/mol. The van der Waals surface area contributed by atoms with Crippen LogP contribution in [0.1, 0.15) is 27.3 Å². The number of aryl methyl sites for hydroxylation is 2. The molecule has 0 saturated heterocycles. The van der Waals surface area contributed by atoms with Crippen molar-refractivity contribution < 1.29 is 19.4 Å². The molecule has 22 heavy (non-hydrogen) atoms. The van der Waals surface area contributed by atoms with Gasteiger partial charge in [0.25, 0.3) is 0 Å². The summed E-state index contributed by atoms with van der Waals surface area (Å²) in [4.78, 5) is 16.8. The second-order valence-corrected chi connectivity index (χ2v) is 5.03. The van der Waals surface area contributed by atoms with Gasteiger partial charge in [-0.3, -0.25) is 9.78 Å². The van der Waals surface area contributed by atoms with E-state index in [0.29, 0.717) is 28.5 Å². The molecule has 0 bridgehead atoms. The molecule has 5 heteroatoms. The number of rotatable bonds is 5. The number of pyridine rings is 1. The van der Waals surface area contributed by atoms with Crippen LogP contribution >= 0.6 is 0 Å². The zero-order valence-corrected chi connectivity index (χ0v) is 13.1. The Kier molecular flexibility index (Phi) is 4.65. The van der Waals surface area contributed by atoms with Gasteiger partial charge >= 0.3 is 0 Å². The maximum Gasteiger partial charge on any atom is 0.172 e. The summed E-state index contributed by atoms with van der Waals surface area (Å²) in [7, 11) is 3.09. The molecule has 1 heterocycles. The summed E-state index contributed by atoms with van der Waals surface area (Å²) in [5.41, 5.74) is 2.42. The Morgan fingerprint density at radius 2 is 1.91 bits per heavy atom. The summed E-state index contributed by atoms with van der Waals surface area (Å²) in [6.45, 7) is 3.54. The van der Waals surface area contributed by atoms with Gasteiger partial charge in [0, 0.05) is 11.8 Å². The fourth-order valence-electron chi connectivity index (χ4n) is 2.32. The highest BCUT2D eigenvalue weighted by molar-refractivity contribution is 6.01. The first-order chi connectivity index (χ1) is 10.5. The number of hydrogen-bond acceptors (Lipinski definition) is 5. The van der Waals surface area contributed by atoms with E-state index in [4.69, 9.17) is 9.47 Å². The molecule has 0 aliphatic rings. The van der Waals surface area contributed by atoms with Gasteiger partial charge in [-0.1, -0.05) is 0 Å². The Bertz CT molecular complexity index is 710. The zero-order chi connectivity index (χ0) is 16.3. The normalized spacial score (nSPS) is 10.4. The maximum atomic E-state index is 12.6. The third-order valence-corrected chi connectivity index (χ3v) is 3.46. The molecular weight excluding hydrogens is 282 g/mol. The first kappa shape index (κ1) is 15.8. The highest BCUT2D eigenvalue weighted by Crippen LogP contribution is 2.29. The van der Waals surface area contributed by atoms with Crippen molar-refractivity contribution in [1.82, 2.24) is 4.98 Å². The quantitative estimate of drug-likeness (QED) is 0.860. The summed E-state index contributed by atoms with van der Waals surface area (Å²) in [6.07, 6.45) is 0.144. The molecule has 0 amide bonds. The van der Waals surface area contributed by atoms with Crippen LogP contribution in [0.25, 0.3) is 0 Å². The van der Waals surface area contributed by atoms with E-state index in [1.807, 2.05) is 6.92 Å². The Labute approximate surface area is 129 Å². The molecule has 0 fully saturated rings. The average molecular weight is 301 g/mol. The lowest BCUT2D eigenvalue weighted by Gasteiger charge is -2.13. The number of aromatic nitrogens is 1. The standard InChI is InChI=1S/C17H19NO4/c1-10-7-13(21-3)9-16(22-4)17(10)15(20)8-12-5-6-14(19)11(2)18-12/h5-7,9,19H,8H2,1-4H3. The van der Waals surface area contributed by atoms with Crippen LogP contribution in [-0.4, -0.2) is 30.1 Å². The summed E-state index contributed by atoms with van der Waals surface area (Å²) in [5.74, 6) is 1.16. The number of ether oxygens (including phenoxy) is 2. The number of aromatic hydroxyl groups is 1. The molecule has 0 atom stereocenters. The minimum Gasteiger partial charge on any atom is -0.506 e. The molecule has 0 radical (unpaired) electrons. The molecule has 116 valence electrons. The van der Waals surface area contributed by atoms with Gasteiger partial charge in [0.1, 0.15) is 17.2 Å². The van der Waals surface area contributed by atoms with Crippen LogP contribution in [0.4, 0.5) is 0 Å². The SMILES string of the molecule is COc1cc(C)c(C(=O)Cc2ccc(O)c(C)n2)c(OC)c1. The molecular formula is C17H19NO4. The van der Waals surface area contributed by atoms with Crippen molar-refractivity contribution in [1.29, 1.82) is 0 Å². The van der Waals surface area contributed by atoms with E-state index in [2.05, 4.69) is 4.98 Å². The third kappa shape index (κ3) is 3.19. The number of ketones is 1. The maximum absolute atomic E-state index is 12.6. The van der Waals surface area contributed by atoms with Crippen molar-refractivity contribution in [2.75, 3.05) is 14.2 Å². The second-order valence-electron chi connectivity index (χ2n) is 5.03. The van der Waals surface area contributed by atoms with Crippen molar-refractivity contribution in [3.63, 3.8) is 0 Å². The van der Waals surface area contributed by atoms with Crippen LogP contribution in [0.15, 0.2) is 24.3 Å². The second kappa shape index (κ2) is 6.47. The number of hydrogen-bond donors (Lipinski definition) is 1. The first-order valence-corrected chi connectivity index (χ1v) is 6.87. The van der Waals surface area contributed by atoms with Crippen molar-refractivity contribution in [2.24, 2.45) is 0 Å². The van der Waals surface area contributed by atoms with E-state index in [9.17, 15) is 9.90 Å². The lowest BCUT2D eigenvalue weighted by molar-refractivity contribution is 0.0988. The molecule has 0 aliphatic carbocycles. The van der Waals surface area contributed by atoms with Crippen LogP contribution in [-0.2, 0) is 6.42 Å². The van der Waals surface area contributed by atoms with Gasteiger partial charge in [-0.2, -0.15) is 0 Å². The van der Waals surface area contributed by atoms with Crippen LogP contribution < -0.4 is 9.47 Å². The fraction of sp³-hybridized carbons (Fsp3) is 0.294. The van der Waals surface area contributed by atoms with Gasteiger partial charge in [0.05, 0.1) is 31.9 Å². The fourth-order valence-corrected chi connectivity index (χ4v) is 2.32. The van der Waals surface area contributed by atoms with E-state index >= 15 is 0 Å². The number of carbonyl (C=O) groups excluding carboxylic acids is 1. The molecule has 2 aromatic rings. The van der Waals surface area contributed by atoms with Crippen LogP contribution in [0, 0.1) is 13.8 Å². The molecule has 0 saturated carbocycles. The number of carbonyl (C=O) groups is 1. The Morgan fingerprint density at radius 3 is 2.50 bits per heavy atom. The highest BCUT2D eigenvalue weighted by atomic mass is 16.5. The Balaban J connectivity index is 2.34. The number of Topliss-reactive ketones (excluding diaryl/α,β-unsaturated/α-hetero) is 1. The zero-order valence-electron chi connectivity index (χ0n) is 13.1. The first-order valence-electron chi connectivity index (χ1n) is 6.87. The molecule has 2 rings (SSSR count). The molecule has 0 unspecified atom stereocenters. The predicted octanol–water partition coefficient (Wildman–Crippen LogP) is 2.85. The topological polar surface area (TPSA) is 68.7 Å². The third-order valence-electron chi connectivity index (χ3n) is 3.46. The molecule has 0 aliphatic heterocycles. The van der Waals surface area contributed by atoms with Gasteiger partial charge in [-0.25, -0.2) is 0 Å². The van der Waals surface area contributed by atoms with Gasteiger partial charge in [0.15, 0.2) is 5.78 Å². The summed E-state index contributed by atoms with van der Waals surface area (Å²) >= 11 is 0. The predicted molar refractivity (Wildman–Crippen MR) is 83.0 cm³/mol. The van der Waals surface area contributed by atoms with E-state index in [0.717, 1.165) is 5.56 Å². The van der Waals surface area contributed by atoms with E-state index in [1.165, 1.54) is 7.11 Å². The minimum absolute atomic E-state index is 0.0883. The Hall–Kier alpha value is -2.56. The number of benzene rings is 1. The largest absolute Gasteiger partial charge is 0.506 e. The van der Waals surface area contributed by atoms with Gasteiger partial charge < -0.3 is 14.6 Å². The van der Waals surface area contributed by atoms with Crippen molar-refractivity contribution in [2.45, 2.75) is 20.3 Å². The summed E-state index contributed by atoms with van der Waals surface area (Å²) in [6, 6.07) is 6.68. The summed E-state index contributed by atoms with van der Waals surface area (Å²) in [5, 5.41) is 9.50. The van der Waals surface area contributed by atoms with Gasteiger partial charge in [-0.05, 0) is 37.6 Å². The van der Waals surface area contributed by atoms with Crippen molar-refractivity contribution >= 4 is 5.78 Å². The van der Waals surface area contributed by atoms with E-state index in [1.54, 1.807) is 38.3 Å². The molecule has 5 nitrogen and oxygen atoms in total. The van der Waals surface area contributed by atoms with E-state index < -0.39 is 0 Å². The lowest BCUT2D eigenvalue weighted by atomic mass is 9.99. The molecule has 1 aromatic heterocycles. The van der Waals surface area contributed by atoms with Gasteiger partial charge in [-0.15, -0.1) is 0 Å².